The maximum absolute atomic E-state index is 12.2. The Morgan fingerprint density at radius 2 is 1.70 bits per heavy atom. The number of para-hydroxylation sites is 1. The zero-order chi connectivity index (χ0) is 13.8. The summed E-state index contributed by atoms with van der Waals surface area (Å²) in [6.45, 7) is 0. The van der Waals surface area contributed by atoms with Crippen LogP contribution >= 0.6 is 48.1 Å². The summed E-state index contributed by atoms with van der Waals surface area (Å²) in [7, 11) is 0. The van der Waals surface area contributed by atoms with Gasteiger partial charge in [-0.05, 0) is 56.1 Å². The van der Waals surface area contributed by atoms with E-state index in [-0.39, 0.29) is 25.4 Å². The van der Waals surface area contributed by atoms with Crippen LogP contribution in [-0.4, -0.2) is 5.91 Å². The van der Waals surface area contributed by atoms with E-state index in [1.54, 1.807) is 12.1 Å². The van der Waals surface area contributed by atoms with Gasteiger partial charge in [-0.1, -0.05) is 18.2 Å². The molecule has 100 valence electrons. The maximum atomic E-state index is 12.2. The number of halogens is 3. The third-order valence-corrected chi connectivity index (χ3v) is 4.71. The van der Waals surface area contributed by atoms with Crippen LogP contribution < -0.4 is 9.15 Å². The van der Waals surface area contributed by atoms with E-state index >= 15 is 0 Å². The summed E-state index contributed by atoms with van der Waals surface area (Å²) in [5.74, 6) is 0.177. The molecule has 1 amide bonds. The van der Waals surface area contributed by atoms with E-state index in [0.29, 0.717) is 15.8 Å². The normalized spacial score (nSPS) is 9.55. The predicted octanol–water partition coefficient (Wildman–Crippen LogP) is 5.15. The van der Waals surface area contributed by atoms with Crippen LogP contribution in [0.5, 0.6) is 5.75 Å². The topological polar surface area (TPSA) is 38.3 Å². The molecule has 0 aliphatic rings. The SMILES string of the molecule is O=C(Nc1ccccc1)c1ccc(Br)c(Br)c1OBr.[Zn]. The van der Waals surface area contributed by atoms with Crippen LogP contribution in [0.3, 0.4) is 0 Å². The summed E-state index contributed by atoms with van der Waals surface area (Å²) >= 11 is 9.64. The number of anilines is 1. The van der Waals surface area contributed by atoms with Crippen LogP contribution in [0, 0.1) is 0 Å². The van der Waals surface area contributed by atoms with Crippen molar-refractivity contribution in [1.29, 1.82) is 0 Å². The van der Waals surface area contributed by atoms with Gasteiger partial charge in [0.15, 0.2) is 22.0 Å². The van der Waals surface area contributed by atoms with Gasteiger partial charge in [0.1, 0.15) is 0 Å². The van der Waals surface area contributed by atoms with E-state index in [0.717, 1.165) is 10.2 Å². The Morgan fingerprint density at radius 1 is 1.05 bits per heavy atom. The number of carbonyl (C=O) groups is 1. The van der Waals surface area contributed by atoms with Crippen molar-refractivity contribution in [1.82, 2.24) is 0 Å². The van der Waals surface area contributed by atoms with Crippen molar-refractivity contribution >= 4 is 59.7 Å². The molecule has 0 aliphatic carbocycles. The molecular weight excluding hydrogens is 507 g/mol. The largest absolute Gasteiger partial charge is 0.416 e. The van der Waals surface area contributed by atoms with Crippen LogP contribution in [0.25, 0.3) is 0 Å². The summed E-state index contributed by atoms with van der Waals surface area (Å²) < 4.78 is 6.57. The molecule has 7 heteroatoms. The molecule has 2 aromatic rings. The minimum Gasteiger partial charge on any atom is -0.416 e. The Bertz CT molecular complexity index is 608. The summed E-state index contributed by atoms with van der Waals surface area (Å²) in [5.41, 5.74) is 1.16. The van der Waals surface area contributed by atoms with Crippen LogP contribution in [0.15, 0.2) is 51.4 Å². The molecule has 0 saturated carbocycles. The minimum absolute atomic E-state index is 0. The summed E-state index contributed by atoms with van der Waals surface area (Å²) in [4.78, 5) is 12.2. The molecule has 0 unspecified atom stereocenters. The first-order valence-corrected chi connectivity index (χ1v) is 7.50. The van der Waals surface area contributed by atoms with Gasteiger partial charge >= 0.3 is 0 Å². The Balaban J connectivity index is 0.00000200. The van der Waals surface area contributed by atoms with Crippen molar-refractivity contribution < 1.29 is 28.1 Å². The van der Waals surface area contributed by atoms with Gasteiger partial charge in [0.05, 0.1) is 10.0 Å². The fraction of sp³-hybridized carbons (Fsp3) is 0. The number of nitrogens with one attached hydrogen (secondary N) is 1. The first-order chi connectivity index (χ1) is 9.13. The first-order valence-electron chi connectivity index (χ1n) is 5.26. The molecule has 0 spiro atoms. The number of rotatable bonds is 3. The van der Waals surface area contributed by atoms with Crippen LogP contribution in [0.1, 0.15) is 10.4 Å². The standard InChI is InChI=1S/C13H8Br3NO2.Zn/c14-10-7-6-9(12(19-16)11(10)15)13(18)17-8-4-2-1-3-5-8;/h1-7H,(H,17,18);. The molecule has 0 saturated heterocycles. The molecule has 0 aromatic heterocycles. The molecule has 0 radical (unpaired) electrons. The van der Waals surface area contributed by atoms with Gasteiger partial charge in [-0.25, -0.2) is 0 Å². The number of carbonyl (C=O) groups excluding carboxylic acids is 1. The van der Waals surface area contributed by atoms with Gasteiger partial charge in [-0.3, -0.25) is 4.79 Å². The minimum atomic E-state index is -0.242. The van der Waals surface area contributed by atoms with Crippen molar-refractivity contribution in [2.45, 2.75) is 0 Å². The van der Waals surface area contributed by atoms with Gasteiger partial charge in [0.2, 0.25) is 0 Å². The molecule has 0 atom stereocenters. The van der Waals surface area contributed by atoms with E-state index < -0.39 is 0 Å². The van der Waals surface area contributed by atoms with Gasteiger partial charge in [-0.15, -0.1) is 0 Å². The van der Waals surface area contributed by atoms with Gasteiger partial charge in [-0.2, -0.15) is 0 Å². The maximum Gasteiger partial charge on any atom is 0.259 e. The van der Waals surface area contributed by atoms with E-state index in [2.05, 4.69) is 53.4 Å². The fourth-order valence-electron chi connectivity index (χ4n) is 1.51. The van der Waals surface area contributed by atoms with Crippen LogP contribution in [0.2, 0.25) is 0 Å². The number of benzene rings is 2. The zero-order valence-electron chi connectivity index (χ0n) is 10.2. The molecule has 20 heavy (non-hydrogen) atoms. The van der Waals surface area contributed by atoms with Crippen molar-refractivity contribution in [2.24, 2.45) is 0 Å². The molecule has 0 fully saturated rings. The molecule has 2 aromatic carbocycles. The first kappa shape index (κ1) is 17.8. The number of hydrogen-bond acceptors (Lipinski definition) is 2. The summed E-state index contributed by atoms with van der Waals surface area (Å²) in [5, 5.41) is 2.80. The van der Waals surface area contributed by atoms with E-state index in [1.165, 1.54) is 0 Å². The second kappa shape index (κ2) is 8.27. The average molecular weight is 515 g/mol. The molecule has 0 bridgehead atoms. The molecular formula is C13H8Br3NO2Zn. The van der Waals surface area contributed by atoms with E-state index in [9.17, 15) is 4.79 Å². The fourth-order valence-corrected chi connectivity index (χ4v) is 2.80. The van der Waals surface area contributed by atoms with Crippen molar-refractivity contribution in [3.63, 3.8) is 0 Å². The molecule has 3 nitrogen and oxygen atoms in total. The zero-order valence-corrected chi connectivity index (χ0v) is 17.9. The predicted molar refractivity (Wildman–Crippen MR) is 85.8 cm³/mol. The third-order valence-electron chi connectivity index (χ3n) is 2.40. The second-order valence-electron chi connectivity index (χ2n) is 3.64. The Hall–Kier alpha value is -0.227. The van der Waals surface area contributed by atoms with E-state index in [1.807, 2.05) is 30.3 Å². The monoisotopic (exact) mass is 511 g/mol. The smallest absolute Gasteiger partial charge is 0.259 e. The molecule has 1 N–H and O–H groups in total. The van der Waals surface area contributed by atoms with Gasteiger partial charge < -0.3 is 9.15 Å². The van der Waals surface area contributed by atoms with Crippen molar-refractivity contribution in [3.05, 3.63) is 57.0 Å². The number of hydrogen-bond donors (Lipinski definition) is 1. The Labute approximate surface area is 154 Å². The molecule has 0 aliphatic heterocycles. The Morgan fingerprint density at radius 3 is 2.30 bits per heavy atom. The quantitative estimate of drug-likeness (QED) is 0.575. The molecule has 0 heterocycles. The third kappa shape index (κ3) is 4.14. The van der Waals surface area contributed by atoms with Crippen LogP contribution in [-0.2, 0) is 19.5 Å². The van der Waals surface area contributed by atoms with Crippen molar-refractivity contribution in [2.75, 3.05) is 5.32 Å². The van der Waals surface area contributed by atoms with Gasteiger partial charge in [0, 0.05) is 29.6 Å². The van der Waals surface area contributed by atoms with E-state index in [4.69, 9.17) is 3.83 Å². The Kier molecular flexibility index (Phi) is 7.37. The van der Waals surface area contributed by atoms with Gasteiger partial charge in [0.25, 0.3) is 5.91 Å². The number of amides is 1. The second-order valence-corrected chi connectivity index (χ2v) is 5.61. The van der Waals surface area contributed by atoms with Crippen LogP contribution in [0.4, 0.5) is 5.69 Å². The summed E-state index contributed by atoms with van der Waals surface area (Å²) in [6, 6.07) is 12.7. The average Bonchev–Trinajstić information content (AvgIpc) is 2.42. The summed E-state index contributed by atoms with van der Waals surface area (Å²) in [6.07, 6.45) is 0. The molecule has 2 rings (SSSR count). The van der Waals surface area contributed by atoms with Crippen molar-refractivity contribution in [3.8, 4) is 5.75 Å².